The Morgan fingerprint density at radius 3 is 1.95 bits per heavy atom. The second kappa shape index (κ2) is 16.6. The van der Waals surface area contributed by atoms with Gasteiger partial charge in [-0.05, 0) is 58.3 Å². The van der Waals surface area contributed by atoms with E-state index in [1.165, 1.54) is 18.9 Å². The number of likely N-dealkylation sites (N-methyl/N-ethyl adjacent to an activating group) is 1. The van der Waals surface area contributed by atoms with E-state index >= 15 is 0 Å². The summed E-state index contributed by atoms with van der Waals surface area (Å²) >= 11 is 0.755. The van der Waals surface area contributed by atoms with Crippen LogP contribution in [0.4, 0.5) is 4.79 Å². The Bertz CT molecular complexity index is 951. The first-order valence-electron chi connectivity index (χ1n) is 14.2. The number of nitrogens with one attached hydrogen (secondary N) is 4. The van der Waals surface area contributed by atoms with Crippen molar-refractivity contribution in [3.05, 3.63) is 0 Å². The van der Waals surface area contributed by atoms with Crippen LogP contribution in [0.15, 0.2) is 0 Å². The van der Waals surface area contributed by atoms with Gasteiger partial charge in [0.05, 0.1) is 0 Å². The molecular formula is C28H49N5O7S. The average molecular weight is 600 g/mol. The van der Waals surface area contributed by atoms with Crippen LogP contribution in [0.5, 0.6) is 0 Å². The quantitative estimate of drug-likeness (QED) is 0.250. The van der Waals surface area contributed by atoms with Crippen LogP contribution in [-0.4, -0.2) is 88.9 Å². The normalized spacial score (nSPS) is 17.4. The zero-order valence-electron chi connectivity index (χ0n) is 25.9. The van der Waals surface area contributed by atoms with E-state index in [2.05, 4.69) is 21.3 Å². The molecule has 5 amide bonds. The summed E-state index contributed by atoms with van der Waals surface area (Å²) in [7, 11) is 1.48. The Morgan fingerprint density at radius 1 is 0.902 bits per heavy atom. The highest BCUT2D eigenvalue weighted by atomic mass is 32.2. The summed E-state index contributed by atoms with van der Waals surface area (Å²) in [6.45, 7) is 14.4. The zero-order chi connectivity index (χ0) is 31.5. The van der Waals surface area contributed by atoms with Crippen molar-refractivity contribution in [3.63, 3.8) is 0 Å². The van der Waals surface area contributed by atoms with Crippen LogP contribution in [0.2, 0.25) is 0 Å². The lowest BCUT2D eigenvalue weighted by Gasteiger charge is -2.29. The summed E-state index contributed by atoms with van der Waals surface area (Å²) in [5.41, 5.74) is -0.712. The highest BCUT2D eigenvalue weighted by molar-refractivity contribution is 8.14. The Morgan fingerprint density at radius 2 is 1.46 bits per heavy atom. The van der Waals surface area contributed by atoms with Crippen LogP contribution in [0.3, 0.4) is 0 Å². The van der Waals surface area contributed by atoms with E-state index < -0.39 is 52.8 Å². The lowest BCUT2D eigenvalue weighted by Crippen LogP contribution is -2.55. The molecule has 12 nitrogen and oxygen atoms in total. The van der Waals surface area contributed by atoms with Gasteiger partial charge in [0.2, 0.25) is 23.6 Å². The molecule has 0 bridgehead atoms. The van der Waals surface area contributed by atoms with E-state index in [0.29, 0.717) is 32.2 Å². The largest absolute Gasteiger partial charge is 0.444 e. The Balaban J connectivity index is 2.97. The number of hydrogen-bond donors (Lipinski definition) is 4. The summed E-state index contributed by atoms with van der Waals surface area (Å²) in [5.74, 6) is -1.70. The first-order valence-corrected chi connectivity index (χ1v) is 15.1. The highest BCUT2D eigenvalue weighted by Crippen LogP contribution is 2.22. The minimum atomic E-state index is -0.983. The summed E-state index contributed by atoms with van der Waals surface area (Å²) < 4.78 is 5.44. The molecule has 1 saturated heterocycles. The summed E-state index contributed by atoms with van der Waals surface area (Å²) in [5, 5.41) is 9.40. The standard InChI is InChI=1S/C28H49N5O7S/c1-16(2)13-19(23(35)29-9)32-26(38)22(41-18(5)34)15-30-24(36)20(14-17(3)4)31-25(37)21-11-10-12-33(21)27(39)40-28(6,7)8/h16-17,19-22H,10-15H2,1-9H3,(H,29,35)(H,30,36)(H,31,37)(H,32,38)/t19-,20-,21-,22?/m0/s1. The van der Waals surface area contributed by atoms with Gasteiger partial charge in [0.25, 0.3) is 0 Å². The predicted molar refractivity (Wildman–Crippen MR) is 158 cm³/mol. The number of rotatable bonds is 13. The molecule has 1 fully saturated rings. The van der Waals surface area contributed by atoms with Crippen molar-refractivity contribution < 1.29 is 33.5 Å². The van der Waals surface area contributed by atoms with Crippen molar-refractivity contribution in [2.45, 2.75) is 110 Å². The van der Waals surface area contributed by atoms with Gasteiger partial charge in [-0.25, -0.2) is 4.79 Å². The monoisotopic (exact) mass is 599 g/mol. The summed E-state index contributed by atoms with van der Waals surface area (Å²) in [4.78, 5) is 77.8. The van der Waals surface area contributed by atoms with Crippen molar-refractivity contribution in [1.82, 2.24) is 26.2 Å². The van der Waals surface area contributed by atoms with Gasteiger partial charge in [0.15, 0.2) is 5.12 Å². The van der Waals surface area contributed by atoms with Crippen molar-refractivity contribution in [2.24, 2.45) is 11.8 Å². The molecule has 0 radical (unpaired) electrons. The molecule has 13 heteroatoms. The van der Waals surface area contributed by atoms with Crippen LogP contribution in [-0.2, 0) is 28.7 Å². The molecule has 41 heavy (non-hydrogen) atoms. The second-order valence-corrected chi connectivity index (χ2v) is 13.6. The minimum absolute atomic E-state index is 0.0478. The van der Waals surface area contributed by atoms with E-state index in [1.54, 1.807) is 20.8 Å². The molecule has 1 aliphatic heterocycles. The van der Waals surface area contributed by atoms with Crippen LogP contribution >= 0.6 is 11.8 Å². The van der Waals surface area contributed by atoms with Crippen LogP contribution in [0.25, 0.3) is 0 Å². The van der Waals surface area contributed by atoms with Crippen molar-refractivity contribution in [1.29, 1.82) is 0 Å². The first kappa shape index (κ1) is 36.2. The molecule has 234 valence electrons. The number of hydrogen-bond acceptors (Lipinski definition) is 8. The number of likely N-dealkylation sites (tertiary alicyclic amines) is 1. The number of nitrogens with zero attached hydrogens (tertiary/aromatic N) is 1. The Labute approximate surface area is 248 Å². The fourth-order valence-corrected chi connectivity index (χ4v) is 5.14. The van der Waals surface area contributed by atoms with Crippen molar-refractivity contribution >= 4 is 46.6 Å². The highest BCUT2D eigenvalue weighted by Gasteiger charge is 2.38. The molecule has 0 aromatic rings. The zero-order valence-corrected chi connectivity index (χ0v) is 26.7. The number of carbonyl (C=O) groups excluding carboxylic acids is 6. The number of thioether (sulfide) groups is 1. The molecule has 1 aliphatic rings. The van der Waals surface area contributed by atoms with Crippen molar-refractivity contribution in [3.8, 4) is 0 Å². The average Bonchev–Trinajstić information content (AvgIpc) is 3.33. The molecule has 0 aromatic heterocycles. The SMILES string of the molecule is CNC(=O)[C@H](CC(C)C)NC(=O)C(CNC(=O)[C@H](CC(C)C)NC(=O)[C@@H]1CCCN1C(=O)OC(C)(C)C)SC(C)=O. The van der Waals surface area contributed by atoms with E-state index in [0.717, 1.165) is 11.8 Å². The van der Waals surface area contributed by atoms with E-state index in [-0.39, 0.29) is 29.4 Å². The maximum absolute atomic E-state index is 13.2. The van der Waals surface area contributed by atoms with Crippen LogP contribution < -0.4 is 21.3 Å². The molecular weight excluding hydrogens is 550 g/mol. The minimum Gasteiger partial charge on any atom is -0.444 e. The molecule has 0 spiro atoms. The van der Waals surface area contributed by atoms with Gasteiger partial charge in [0.1, 0.15) is 29.0 Å². The Hall–Kier alpha value is -2.83. The number of amides is 5. The third-order valence-corrected chi connectivity index (χ3v) is 7.17. The second-order valence-electron chi connectivity index (χ2n) is 12.2. The van der Waals surface area contributed by atoms with Gasteiger partial charge >= 0.3 is 6.09 Å². The maximum atomic E-state index is 13.2. The molecule has 0 aliphatic carbocycles. The van der Waals surface area contributed by atoms with Crippen LogP contribution in [0.1, 0.15) is 81.1 Å². The lowest BCUT2D eigenvalue weighted by molar-refractivity contribution is -0.132. The van der Waals surface area contributed by atoms with Gasteiger partial charge in [0, 0.05) is 27.1 Å². The molecule has 0 saturated carbocycles. The summed E-state index contributed by atoms with van der Waals surface area (Å²) in [6.07, 6.45) is 1.22. The Kier molecular flexibility index (Phi) is 14.6. The van der Waals surface area contributed by atoms with Gasteiger partial charge in [-0.3, -0.25) is 28.9 Å². The van der Waals surface area contributed by atoms with Gasteiger partial charge in [-0.2, -0.15) is 0 Å². The van der Waals surface area contributed by atoms with E-state index in [4.69, 9.17) is 4.74 Å². The first-order chi connectivity index (χ1) is 18.9. The fraction of sp³-hybridized carbons (Fsp3) is 0.786. The number of ether oxygens (including phenoxy) is 1. The van der Waals surface area contributed by atoms with Crippen LogP contribution in [0, 0.1) is 11.8 Å². The topological polar surface area (TPSA) is 163 Å². The molecule has 4 N–H and O–H groups in total. The third-order valence-electron chi connectivity index (χ3n) is 6.17. The van der Waals surface area contributed by atoms with Crippen molar-refractivity contribution in [2.75, 3.05) is 20.1 Å². The molecule has 1 heterocycles. The lowest BCUT2D eigenvalue weighted by atomic mass is 10.0. The third kappa shape index (κ3) is 13.1. The van der Waals surface area contributed by atoms with Gasteiger partial charge < -0.3 is 26.0 Å². The smallest absolute Gasteiger partial charge is 0.410 e. The van der Waals surface area contributed by atoms with E-state index in [1.807, 2.05) is 27.7 Å². The summed E-state index contributed by atoms with van der Waals surface area (Å²) in [6, 6.07) is -2.47. The fourth-order valence-electron chi connectivity index (χ4n) is 4.40. The molecule has 4 atom stereocenters. The maximum Gasteiger partial charge on any atom is 0.410 e. The number of carbonyl (C=O) groups is 6. The molecule has 0 aromatic carbocycles. The molecule has 1 rings (SSSR count). The molecule has 1 unspecified atom stereocenters. The van der Waals surface area contributed by atoms with E-state index in [9.17, 15) is 28.8 Å². The van der Waals surface area contributed by atoms with Gasteiger partial charge in [-0.15, -0.1) is 0 Å². The van der Waals surface area contributed by atoms with Gasteiger partial charge in [-0.1, -0.05) is 39.5 Å². The predicted octanol–water partition coefficient (Wildman–Crippen LogP) is 1.96.